The SMILES string of the molecule is CC(C)P(c1ccccc1[P+](=O)c1ccccc1P(C(C)C)C(C)C)C(C)C. The minimum absolute atomic E-state index is 0.346. The van der Waals surface area contributed by atoms with E-state index in [2.05, 4.69) is 104 Å². The zero-order chi connectivity index (χ0) is 21.0. The molecule has 28 heavy (non-hydrogen) atoms. The minimum atomic E-state index is -1.59. The van der Waals surface area contributed by atoms with Crippen LogP contribution in [-0.4, -0.2) is 22.6 Å². The van der Waals surface area contributed by atoms with Gasteiger partial charge < -0.3 is 0 Å². The molecule has 0 radical (unpaired) electrons. The second kappa shape index (κ2) is 10.4. The molecule has 0 unspecified atom stereocenters. The van der Waals surface area contributed by atoms with Crippen molar-refractivity contribution in [3.05, 3.63) is 48.5 Å². The van der Waals surface area contributed by atoms with Crippen molar-refractivity contribution in [2.75, 3.05) is 0 Å². The Morgan fingerprint density at radius 1 is 0.571 bits per heavy atom. The Labute approximate surface area is 176 Å². The topological polar surface area (TPSA) is 17.1 Å². The summed E-state index contributed by atoms with van der Waals surface area (Å²) in [7, 11) is -2.29. The second-order valence-corrected chi connectivity index (χ2v) is 16.7. The van der Waals surface area contributed by atoms with Crippen LogP contribution in [0.25, 0.3) is 0 Å². The molecule has 0 atom stereocenters. The molecule has 2 rings (SSSR count). The van der Waals surface area contributed by atoms with Crippen molar-refractivity contribution in [2.24, 2.45) is 0 Å². The fourth-order valence-corrected chi connectivity index (χ4v) is 12.5. The van der Waals surface area contributed by atoms with Crippen LogP contribution in [0.2, 0.25) is 0 Å². The van der Waals surface area contributed by atoms with Gasteiger partial charge >= 0.3 is 7.80 Å². The first-order chi connectivity index (χ1) is 13.2. The van der Waals surface area contributed by atoms with E-state index in [0.29, 0.717) is 22.6 Å². The second-order valence-electron chi connectivity index (χ2n) is 8.46. The van der Waals surface area contributed by atoms with Gasteiger partial charge in [0.25, 0.3) is 0 Å². The van der Waals surface area contributed by atoms with Crippen LogP contribution in [0.4, 0.5) is 0 Å². The number of hydrogen-bond acceptors (Lipinski definition) is 1. The number of hydrogen-bond donors (Lipinski definition) is 0. The highest BCUT2D eigenvalue weighted by Crippen LogP contribution is 2.47. The lowest BCUT2D eigenvalue weighted by Crippen LogP contribution is -2.32. The zero-order valence-electron chi connectivity index (χ0n) is 18.7. The van der Waals surface area contributed by atoms with Gasteiger partial charge in [-0.2, -0.15) is 0 Å². The van der Waals surface area contributed by atoms with Crippen molar-refractivity contribution in [3.63, 3.8) is 0 Å². The Morgan fingerprint density at radius 3 is 1.14 bits per heavy atom. The Morgan fingerprint density at radius 2 is 0.857 bits per heavy atom. The van der Waals surface area contributed by atoms with E-state index >= 15 is 0 Å². The third kappa shape index (κ3) is 5.30. The Bertz CT molecular complexity index is 714. The standard InChI is InChI=1S/C24H36OP3/c1-17(2)26(18(3)4)21-13-9-11-15-23(21)28(25)24-16-12-10-14-22(24)27(19(5)6)20(7)8/h9-20H,1-8H3/q+1. The van der Waals surface area contributed by atoms with Gasteiger partial charge in [0.2, 0.25) is 10.6 Å². The molecule has 0 saturated carbocycles. The summed E-state index contributed by atoms with van der Waals surface area (Å²) in [5.74, 6) is 0. The van der Waals surface area contributed by atoms with Crippen LogP contribution in [0.1, 0.15) is 55.4 Å². The fraction of sp³-hybridized carbons (Fsp3) is 0.500. The monoisotopic (exact) mass is 433 g/mol. The number of rotatable bonds is 8. The van der Waals surface area contributed by atoms with Gasteiger partial charge in [-0.15, -0.1) is 0 Å². The molecule has 0 aliphatic carbocycles. The third-order valence-corrected chi connectivity index (χ3v) is 13.3. The molecule has 0 N–H and O–H groups in total. The van der Waals surface area contributed by atoms with Gasteiger partial charge in [-0.3, -0.25) is 0 Å². The Balaban J connectivity index is 2.61. The van der Waals surface area contributed by atoms with Gasteiger partial charge in [0.1, 0.15) is 0 Å². The van der Waals surface area contributed by atoms with Crippen molar-refractivity contribution >= 4 is 44.9 Å². The maximum Gasteiger partial charge on any atom is 0.416 e. The molecule has 2 aromatic carbocycles. The zero-order valence-corrected chi connectivity index (χ0v) is 21.4. The van der Waals surface area contributed by atoms with Gasteiger partial charge in [0.05, 0.1) is 0 Å². The molecule has 1 nitrogen and oxygen atoms in total. The Hall–Kier alpha value is -0.600. The fourth-order valence-electron chi connectivity index (χ4n) is 4.14. The van der Waals surface area contributed by atoms with Crippen LogP contribution in [-0.2, 0) is 4.57 Å². The maximum atomic E-state index is 14.0. The van der Waals surface area contributed by atoms with E-state index < -0.39 is 7.80 Å². The quantitative estimate of drug-likeness (QED) is 0.446. The maximum absolute atomic E-state index is 14.0. The highest BCUT2D eigenvalue weighted by Gasteiger charge is 2.36. The summed E-state index contributed by atoms with van der Waals surface area (Å²) in [5.41, 5.74) is 2.33. The van der Waals surface area contributed by atoms with Crippen molar-refractivity contribution in [1.82, 2.24) is 0 Å². The molecule has 0 aromatic heterocycles. The average Bonchev–Trinajstić information content (AvgIpc) is 2.61. The van der Waals surface area contributed by atoms with Gasteiger partial charge in [0.15, 0.2) is 0 Å². The molecule has 152 valence electrons. The first kappa shape index (κ1) is 23.7. The minimum Gasteiger partial charge on any atom is -0.0651 e. The van der Waals surface area contributed by atoms with E-state index in [1.54, 1.807) is 0 Å². The predicted octanol–water partition coefficient (Wildman–Crippen LogP) is 6.31. The largest absolute Gasteiger partial charge is 0.416 e. The van der Waals surface area contributed by atoms with E-state index in [1.807, 2.05) is 0 Å². The number of benzene rings is 2. The van der Waals surface area contributed by atoms with Crippen LogP contribution in [0, 0.1) is 0 Å². The van der Waals surface area contributed by atoms with Crippen LogP contribution >= 0.6 is 23.6 Å². The normalized spacial score (nSPS) is 12.2. The smallest absolute Gasteiger partial charge is 0.0651 e. The molecule has 0 saturated heterocycles. The molecule has 0 heterocycles. The molecular weight excluding hydrogens is 397 g/mol. The highest BCUT2D eigenvalue weighted by atomic mass is 31.1. The van der Waals surface area contributed by atoms with Gasteiger partial charge in [-0.05, 0) is 46.9 Å². The molecule has 0 amide bonds. The van der Waals surface area contributed by atoms with Crippen LogP contribution in [0.5, 0.6) is 0 Å². The first-order valence-electron chi connectivity index (χ1n) is 10.4. The van der Waals surface area contributed by atoms with E-state index in [9.17, 15) is 4.57 Å². The van der Waals surface area contributed by atoms with Crippen molar-refractivity contribution in [1.29, 1.82) is 0 Å². The summed E-state index contributed by atoms with van der Waals surface area (Å²) < 4.78 is 14.0. The van der Waals surface area contributed by atoms with Crippen molar-refractivity contribution in [2.45, 2.75) is 78.0 Å². The van der Waals surface area contributed by atoms with Crippen molar-refractivity contribution < 1.29 is 4.57 Å². The molecule has 4 heteroatoms. The summed E-state index contributed by atoms with van der Waals surface area (Å²) in [4.78, 5) is 0. The van der Waals surface area contributed by atoms with Gasteiger partial charge in [-0.1, -0.05) is 100 Å². The lowest BCUT2D eigenvalue weighted by molar-refractivity contribution is 0.598. The van der Waals surface area contributed by atoms with E-state index in [4.69, 9.17) is 0 Å². The lowest BCUT2D eigenvalue weighted by atomic mass is 10.4. The van der Waals surface area contributed by atoms with Crippen LogP contribution in [0.3, 0.4) is 0 Å². The average molecular weight is 433 g/mol. The van der Waals surface area contributed by atoms with E-state index in [1.165, 1.54) is 10.6 Å². The van der Waals surface area contributed by atoms with Crippen molar-refractivity contribution in [3.8, 4) is 0 Å². The van der Waals surface area contributed by atoms with Gasteiger partial charge in [-0.25, -0.2) is 0 Å². The molecule has 0 aliphatic rings. The molecule has 0 fully saturated rings. The molecule has 0 aliphatic heterocycles. The van der Waals surface area contributed by atoms with E-state index in [-0.39, 0.29) is 15.8 Å². The summed E-state index contributed by atoms with van der Waals surface area (Å²) in [6, 6.07) is 17.0. The Kier molecular flexibility index (Phi) is 8.82. The molecule has 2 aromatic rings. The summed E-state index contributed by atoms with van der Waals surface area (Å²) in [6.07, 6.45) is 0. The summed E-state index contributed by atoms with van der Waals surface area (Å²) in [5, 5.41) is 4.77. The van der Waals surface area contributed by atoms with Crippen LogP contribution < -0.4 is 21.2 Å². The molecule has 0 spiro atoms. The predicted molar refractivity (Wildman–Crippen MR) is 133 cm³/mol. The highest BCUT2D eigenvalue weighted by molar-refractivity contribution is 7.73. The summed E-state index contributed by atoms with van der Waals surface area (Å²) >= 11 is 0. The van der Waals surface area contributed by atoms with E-state index in [0.717, 1.165) is 10.6 Å². The van der Waals surface area contributed by atoms with Gasteiger partial charge in [0, 0.05) is 10.6 Å². The molecule has 0 bridgehead atoms. The lowest BCUT2D eigenvalue weighted by Gasteiger charge is -2.27. The third-order valence-electron chi connectivity index (χ3n) is 4.98. The molecular formula is C24H36OP3+. The first-order valence-corrected chi connectivity index (χ1v) is 14.6. The summed E-state index contributed by atoms with van der Waals surface area (Å²) in [6.45, 7) is 18.4. The van der Waals surface area contributed by atoms with Crippen LogP contribution in [0.15, 0.2) is 48.5 Å².